The van der Waals surface area contributed by atoms with Crippen LogP contribution < -0.4 is 4.74 Å². The first-order valence-electron chi connectivity index (χ1n) is 5.98. The molecule has 2 rings (SSSR count). The number of carbonyl (C=O) groups excluding carboxylic acids is 1. The molecule has 2 aromatic rings. The molecule has 0 bridgehead atoms. The van der Waals surface area contributed by atoms with E-state index in [1.165, 1.54) is 41.3 Å². The summed E-state index contributed by atoms with van der Waals surface area (Å²) in [6, 6.07) is 7.33. The number of Topliss-reactive ketones (excluding diaryl/α,β-unsaturated/α-hetero) is 1. The van der Waals surface area contributed by atoms with E-state index in [1.807, 2.05) is 6.07 Å². The molecule has 0 saturated carbocycles. The first-order valence-corrected chi connectivity index (χ1v) is 5.98. The van der Waals surface area contributed by atoms with E-state index in [-0.39, 0.29) is 5.75 Å². The third-order valence-electron chi connectivity index (χ3n) is 2.82. The Morgan fingerprint density at radius 1 is 1.38 bits per heavy atom. The lowest BCUT2D eigenvalue weighted by atomic mass is 9.93. The molecule has 0 aliphatic heterocycles. The van der Waals surface area contributed by atoms with Gasteiger partial charge in [-0.25, -0.2) is 0 Å². The van der Waals surface area contributed by atoms with Gasteiger partial charge in [-0.05, 0) is 17.7 Å². The van der Waals surface area contributed by atoms with E-state index in [4.69, 9.17) is 0 Å². The minimum absolute atomic E-state index is 0.0285. The summed E-state index contributed by atoms with van der Waals surface area (Å²) in [4.78, 5) is 12.2. The molecule has 0 saturated heterocycles. The van der Waals surface area contributed by atoms with Crippen molar-refractivity contribution in [2.75, 3.05) is 0 Å². The molecular weight excluding hydrogens is 280 g/mol. The quantitative estimate of drug-likeness (QED) is 0.794. The van der Waals surface area contributed by atoms with Gasteiger partial charge in [0, 0.05) is 13.2 Å². The van der Waals surface area contributed by atoms with Crippen molar-refractivity contribution in [3.63, 3.8) is 0 Å². The van der Waals surface area contributed by atoms with Gasteiger partial charge in [-0.1, -0.05) is 12.1 Å². The summed E-state index contributed by atoms with van der Waals surface area (Å²) in [5.74, 6) is -1.44. The summed E-state index contributed by atoms with van der Waals surface area (Å²) in [5, 5.41) is 13.1. The largest absolute Gasteiger partial charge is 0.435 e. The molecule has 1 aromatic heterocycles. The summed E-state index contributed by atoms with van der Waals surface area (Å²) in [6.07, 6.45) is 2.89. The maximum absolute atomic E-state index is 12.2. The summed E-state index contributed by atoms with van der Waals surface area (Å²) in [6.45, 7) is -2.92. The van der Waals surface area contributed by atoms with Crippen molar-refractivity contribution >= 4 is 5.78 Å². The van der Waals surface area contributed by atoms with Crippen LogP contribution in [0.3, 0.4) is 0 Å². The number of benzene rings is 1. The monoisotopic (exact) mass is 291 g/mol. The lowest BCUT2D eigenvalue weighted by Crippen LogP contribution is -2.11. The predicted octanol–water partition coefficient (Wildman–Crippen LogP) is 2.51. The van der Waals surface area contributed by atoms with Crippen molar-refractivity contribution in [2.45, 2.75) is 12.5 Å². The number of aromatic nitrogens is 2. The number of hydrogen-bond donors (Lipinski definition) is 0. The number of nitriles is 1. The summed E-state index contributed by atoms with van der Waals surface area (Å²) >= 11 is 0. The highest BCUT2D eigenvalue weighted by molar-refractivity contribution is 6.02. The zero-order valence-electron chi connectivity index (χ0n) is 11.0. The van der Waals surface area contributed by atoms with Crippen LogP contribution in [0.25, 0.3) is 0 Å². The lowest BCUT2D eigenvalue weighted by Gasteiger charge is -2.09. The Kier molecular flexibility index (Phi) is 4.28. The fourth-order valence-electron chi connectivity index (χ4n) is 1.84. The van der Waals surface area contributed by atoms with Crippen LogP contribution in [-0.4, -0.2) is 22.2 Å². The summed E-state index contributed by atoms with van der Waals surface area (Å²) < 4.78 is 29.8. The number of aryl methyl sites for hydroxylation is 1. The molecule has 1 unspecified atom stereocenters. The van der Waals surface area contributed by atoms with E-state index in [1.54, 1.807) is 7.05 Å². The van der Waals surface area contributed by atoms with Gasteiger partial charge in [-0.3, -0.25) is 9.48 Å². The van der Waals surface area contributed by atoms with Crippen molar-refractivity contribution in [1.29, 1.82) is 5.26 Å². The Labute approximate surface area is 119 Å². The average molecular weight is 291 g/mol. The molecule has 5 nitrogen and oxygen atoms in total. The minimum atomic E-state index is -2.92. The Balaban J connectivity index is 2.21. The number of halogens is 2. The van der Waals surface area contributed by atoms with Gasteiger partial charge in [-0.2, -0.15) is 19.1 Å². The Hall–Kier alpha value is -2.75. The highest BCUT2D eigenvalue weighted by atomic mass is 19.3. The fraction of sp³-hybridized carbons (Fsp3) is 0.214. The maximum atomic E-state index is 12.2. The van der Waals surface area contributed by atoms with E-state index < -0.39 is 18.3 Å². The van der Waals surface area contributed by atoms with E-state index in [2.05, 4.69) is 9.84 Å². The molecule has 0 fully saturated rings. The maximum Gasteiger partial charge on any atom is 0.387 e. The predicted molar refractivity (Wildman–Crippen MR) is 69.0 cm³/mol. The summed E-state index contributed by atoms with van der Waals surface area (Å²) in [5.41, 5.74) is 0.727. The smallest absolute Gasteiger partial charge is 0.387 e. The van der Waals surface area contributed by atoms with Gasteiger partial charge >= 0.3 is 6.61 Å². The zero-order valence-corrected chi connectivity index (χ0v) is 11.0. The fourth-order valence-corrected chi connectivity index (χ4v) is 1.84. The topological polar surface area (TPSA) is 67.9 Å². The average Bonchev–Trinajstić information content (AvgIpc) is 2.87. The van der Waals surface area contributed by atoms with Crippen molar-refractivity contribution in [2.24, 2.45) is 7.05 Å². The highest BCUT2D eigenvalue weighted by Crippen LogP contribution is 2.23. The standard InChI is InChI=1S/C14H11F2N3O2/c1-19-8-10(7-18-19)13(20)12(6-17)9-2-4-11(5-3-9)21-14(15)16/h2-5,7-8,12,14H,1H3. The van der Waals surface area contributed by atoms with Crippen molar-refractivity contribution in [3.8, 4) is 11.8 Å². The molecule has 7 heteroatoms. The molecule has 1 heterocycles. The second-order valence-corrected chi connectivity index (χ2v) is 4.28. The number of carbonyl (C=O) groups is 1. The molecule has 0 amide bonds. The number of nitrogens with zero attached hydrogens (tertiary/aromatic N) is 3. The molecular formula is C14H11F2N3O2. The van der Waals surface area contributed by atoms with E-state index >= 15 is 0 Å². The third-order valence-corrected chi connectivity index (χ3v) is 2.82. The van der Waals surface area contributed by atoms with Crippen LogP contribution in [0.1, 0.15) is 21.8 Å². The van der Waals surface area contributed by atoms with Crippen molar-refractivity contribution in [3.05, 3.63) is 47.8 Å². The second-order valence-electron chi connectivity index (χ2n) is 4.28. The number of ketones is 1. The van der Waals surface area contributed by atoms with Gasteiger partial charge in [0.15, 0.2) is 5.78 Å². The van der Waals surface area contributed by atoms with E-state index in [9.17, 15) is 18.8 Å². The third kappa shape index (κ3) is 3.42. The van der Waals surface area contributed by atoms with Crippen molar-refractivity contribution < 1.29 is 18.3 Å². The molecule has 21 heavy (non-hydrogen) atoms. The minimum Gasteiger partial charge on any atom is -0.435 e. The van der Waals surface area contributed by atoms with Crippen LogP contribution in [0.4, 0.5) is 8.78 Å². The Morgan fingerprint density at radius 2 is 2.05 bits per heavy atom. The van der Waals surface area contributed by atoms with Gasteiger partial charge < -0.3 is 4.74 Å². The number of alkyl halides is 2. The molecule has 0 N–H and O–H groups in total. The van der Waals surface area contributed by atoms with Gasteiger partial charge in [0.05, 0.1) is 17.8 Å². The molecule has 0 spiro atoms. The molecule has 0 aliphatic rings. The summed E-state index contributed by atoms with van der Waals surface area (Å²) in [7, 11) is 1.66. The van der Waals surface area contributed by atoms with Crippen molar-refractivity contribution in [1.82, 2.24) is 9.78 Å². The Morgan fingerprint density at radius 3 is 2.52 bits per heavy atom. The van der Waals surface area contributed by atoms with Crippen LogP contribution in [0.2, 0.25) is 0 Å². The van der Waals surface area contributed by atoms with Gasteiger partial charge in [-0.15, -0.1) is 0 Å². The molecule has 0 radical (unpaired) electrons. The first-order chi connectivity index (χ1) is 10.0. The van der Waals surface area contributed by atoms with Crippen LogP contribution in [0.5, 0.6) is 5.75 Å². The number of hydrogen-bond acceptors (Lipinski definition) is 4. The van der Waals surface area contributed by atoms with E-state index in [0.29, 0.717) is 11.1 Å². The van der Waals surface area contributed by atoms with E-state index in [0.717, 1.165) is 0 Å². The number of ether oxygens (including phenoxy) is 1. The normalized spacial score (nSPS) is 12.0. The zero-order chi connectivity index (χ0) is 15.4. The number of rotatable bonds is 5. The molecule has 1 atom stereocenters. The first kappa shape index (κ1) is 14.7. The second kappa shape index (κ2) is 6.13. The molecule has 0 aliphatic carbocycles. The van der Waals surface area contributed by atoms with Crippen LogP contribution in [-0.2, 0) is 7.05 Å². The molecule has 1 aromatic carbocycles. The lowest BCUT2D eigenvalue weighted by molar-refractivity contribution is -0.0498. The van der Waals surface area contributed by atoms with Crippen LogP contribution >= 0.6 is 0 Å². The van der Waals surface area contributed by atoms with Gasteiger partial charge in [0.1, 0.15) is 11.7 Å². The van der Waals surface area contributed by atoms with Crippen LogP contribution in [0.15, 0.2) is 36.7 Å². The molecule has 108 valence electrons. The Bertz CT molecular complexity index is 674. The SMILES string of the molecule is Cn1cc(C(=O)C(C#N)c2ccc(OC(F)F)cc2)cn1. The van der Waals surface area contributed by atoms with Gasteiger partial charge in [0.25, 0.3) is 0 Å². The highest BCUT2D eigenvalue weighted by Gasteiger charge is 2.23. The van der Waals surface area contributed by atoms with Crippen LogP contribution in [0, 0.1) is 11.3 Å². The van der Waals surface area contributed by atoms with Gasteiger partial charge in [0.2, 0.25) is 0 Å².